The average Bonchev–Trinajstić information content (AvgIpc) is 2.60. The van der Waals surface area contributed by atoms with Crippen LogP contribution in [-0.4, -0.2) is 55.3 Å². The summed E-state index contributed by atoms with van der Waals surface area (Å²) in [5, 5.41) is 16.8. The first-order chi connectivity index (χ1) is 8.61. The molecule has 0 amide bonds. The Kier molecular flexibility index (Phi) is 6.11. The van der Waals surface area contributed by atoms with E-state index in [0.29, 0.717) is 13.2 Å². The smallest absolute Gasteiger partial charge is 0.131 e. The van der Waals surface area contributed by atoms with Gasteiger partial charge in [0.15, 0.2) is 0 Å². The molecule has 0 aliphatic rings. The van der Waals surface area contributed by atoms with Gasteiger partial charge in [0.05, 0.1) is 18.9 Å². The zero-order valence-electron chi connectivity index (χ0n) is 11.7. The maximum absolute atomic E-state index is 9.03. The summed E-state index contributed by atoms with van der Waals surface area (Å²) in [6.45, 7) is 5.01. The third-order valence-electron chi connectivity index (χ3n) is 2.89. The molecule has 1 heterocycles. The number of aliphatic hydroxyl groups excluding tert-OH is 1. The van der Waals surface area contributed by atoms with E-state index in [0.717, 1.165) is 24.6 Å². The second-order valence-corrected chi connectivity index (χ2v) is 4.33. The van der Waals surface area contributed by atoms with E-state index in [-0.39, 0.29) is 6.61 Å². The van der Waals surface area contributed by atoms with Gasteiger partial charge in [0.25, 0.3) is 0 Å². The van der Waals surface area contributed by atoms with Crippen molar-refractivity contribution >= 4 is 5.82 Å². The van der Waals surface area contributed by atoms with E-state index in [1.54, 1.807) is 7.11 Å². The summed E-state index contributed by atoms with van der Waals surface area (Å²) in [7, 11) is 5.58. The monoisotopic (exact) mass is 256 g/mol. The molecular formula is C12H24N4O2. The largest absolute Gasteiger partial charge is 0.395 e. The average molecular weight is 256 g/mol. The molecule has 0 aromatic carbocycles. The fourth-order valence-electron chi connectivity index (χ4n) is 2.02. The molecule has 0 radical (unpaired) electrons. The van der Waals surface area contributed by atoms with Crippen LogP contribution in [0.1, 0.15) is 11.3 Å². The molecular weight excluding hydrogens is 232 g/mol. The fraction of sp³-hybridized carbons (Fsp3) is 0.750. The highest BCUT2D eigenvalue weighted by Crippen LogP contribution is 2.21. The Morgan fingerprint density at radius 3 is 2.83 bits per heavy atom. The third-order valence-corrected chi connectivity index (χ3v) is 2.89. The van der Waals surface area contributed by atoms with Gasteiger partial charge in [0.2, 0.25) is 0 Å². The Hall–Kier alpha value is -1.11. The minimum Gasteiger partial charge on any atom is -0.395 e. The van der Waals surface area contributed by atoms with E-state index in [1.165, 1.54) is 5.56 Å². The number of hydrogen-bond acceptors (Lipinski definition) is 5. The molecule has 0 saturated heterocycles. The van der Waals surface area contributed by atoms with Crippen LogP contribution in [0, 0.1) is 6.92 Å². The number of aliphatic hydroxyl groups is 1. The molecule has 0 unspecified atom stereocenters. The molecule has 6 nitrogen and oxygen atoms in total. The van der Waals surface area contributed by atoms with Gasteiger partial charge in [-0.25, -0.2) is 0 Å². The van der Waals surface area contributed by atoms with Gasteiger partial charge in [-0.05, 0) is 6.92 Å². The second kappa shape index (κ2) is 7.35. The first-order valence-electron chi connectivity index (χ1n) is 6.16. The van der Waals surface area contributed by atoms with Crippen molar-refractivity contribution < 1.29 is 9.84 Å². The zero-order chi connectivity index (χ0) is 13.5. The lowest BCUT2D eigenvalue weighted by Gasteiger charge is -2.20. The molecule has 0 atom stereocenters. The van der Waals surface area contributed by atoms with Gasteiger partial charge in [-0.2, -0.15) is 5.10 Å². The van der Waals surface area contributed by atoms with Crippen molar-refractivity contribution in [1.29, 1.82) is 0 Å². The highest BCUT2D eigenvalue weighted by atomic mass is 16.5. The molecule has 1 aromatic heterocycles. The fourth-order valence-corrected chi connectivity index (χ4v) is 2.02. The van der Waals surface area contributed by atoms with E-state index >= 15 is 0 Å². The number of ether oxygens (including phenoxy) is 1. The number of likely N-dealkylation sites (N-methyl/N-ethyl adjacent to an activating group) is 1. The topological polar surface area (TPSA) is 62.5 Å². The standard InChI is InChI=1S/C12H24N4O2/c1-10-11(9-13-5-8-18-4)12(16(3)14-10)15(2)6-7-17/h13,17H,5-9H2,1-4H3. The van der Waals surface area contributed by atoms with Crippen LogP contribution in [0.5, 0.6) is 0 Å². The van der Waals surface area contributed by atoms with Crippen LogP contribution in [0.15, 0.2) is 0 Å². The summed E-state index contributed by atoms with van der Waals surface area (Å²) in [4.78, 5) is 2.02. The van der Waals surface area contributed by atoms with Crippen LogP contribution < -0.4 is 10.2 Å². The maximum Gasteiger partial charge on any atom is 0.131 e. The number of anilines is 1. The summed E-state index contributed by atoms with van der Waals surface area (Å²) >= 11 is 0. The molecule has 18 heavy (non-hydrogen) atoms. The molecule has 6 heteroatoms. The first-order valence-corrected chi connectivity index (χ1v) is 6.16. The van der Waals surface area contributed by atoms with E-state index in [4.69, 9.17) is 9.84 Å². The highest BCUT2D eigenvalue weighted by molar-refractivity contribution is 5.49. The number of nitrogens with zero attached hydrogens (tertiary/aromatic N) is 3. The normalized spacial score (nSPS) is 10.9. The first kappa shape index (κ1) is 14.9. The van der Waals surface area contributed by atoms with Gasteiger partial charge in [0.1, 0.15) is 5.82 Å². The molecule has 1 rings (SSSR count). The molecule has 2 N–H and O–H groups in total. The summed E-state index contributed by atoms with van der Waals surface area (Å²) < 4.78 is 6.86. The van der Waals surface area contributed by atoms with Crippen molar-refractivity contribution in [2.24, 2.45) is 7.05 Å². The molecule has 1 aromatic rings. The van der Waals surface area contributed by atoms with Crippen LogP contribution in [0.3, 0.4) is 0 Å². The van der Waals surface area contributed by atoms with Crippen LogP contribution in [0.2, 0.25) is 0 Å². The zero-order valence-corrected chi connectivity index (χ0v) is 11.7. The lowest BCUT2D eigenvalue weighted by atomic mass is 10.2. The SMILES string of the molecule is COCCNCc1c(C)nn(C)c1N(C)CCO. The van der Waals surface area contributed by atoms with Crippen molar-refractivity contribution in [1.82, 2.24) is 15.1 Å². The van der Waals surface area contributed by atoms with Gasteiger partial charge in [0, 0.05) is 46.4 Å². The number of nitrogens with one attached hydrogen (secondary N) is 1. The molecule has 0 aliphatic carbocycles. The van der Waals surface area contributed by atoms with Crippen molar-refractivity contribution in [3.8, 4) is 0 Å². The van der Waals surface area contributed by atoms with Crippen LogP contribution >= 0.6 is 0 Å². The van der Waals surface area contributed by atoms with Crippen LogP contribution in [-0.2, 0) is 18.3 Å². The van der Waals surface area contributed by atoms with E-state index in [2.05, 4.69) is 10.4 Å². The van der Waals surface area contributed by atoms with Crippen molar-refractivity contribution in [3.05, 3.63) is 11.3 Å². The Labute approximate surface area is 109 Å². The quantitative estimate of drug-likeness (QED) is 0.636. The number of aromatic nitrogens is 2. The predicted molar refractivity (Wildman–Crippen MR) is 71.9 cm³/mol. The lowest BCUT2D eigenvalue weighted by Crippen LogP contribution is -2.26. The Morgan fingerprint density at radius 2 is 2.22 bits per heavy atom. The molecule has 0 spiro atoms. The molecule has 0 aliphatic heterocycles. The maximum atomic E-state index is 9.03. The number of methoxy groups -OCH3 is 1. The summed E-state index contributed by atoms with van der Waals surface area (Å²) in [6, 6.07) is 0. The number of hydrogen-bond donors (Lipinski definition) is 2. The van der Waals surface area contributed by atoms with Gasteiger partial charge >= 0.3 is 0 Å². The van der Waals surface area contributed by atoms with Crippen molar-refractivity contribution in [2.45, 2.75) is 13.5 Å². The van der Waals surface area contributed by atoms with E-state index < -0.39 is 0 Å². The molecule has 104 valence electrons. The number of aryl methyl sites for hydroxylation is 2. The van der Waals surface area contributed by atoms with Crippen LogP contribution in [0.4, 0.5) is 5.82 Å². The van der Waals surface area contributed by atoms with Crippen molar-refractivity contribution in [2.75, 3.05) is 45.4 Å². The van der Waals surface area contributed by atoms with Crippen molar-refractivity contribution in [3.63, 3.8) is 0 Å². The molecule has 0 saturated carbocycles. The summed E-state index contributed by atoms with van der Waals surface area (Å²) in [5.74, 6) is 1.05. The summed E-state index contributed by atoms with van der Waals surface area (Å²) in [6.07, 6.45) is 0. The third kappa shape index (κ3) is 3.69. The van der Waals surface area contributed by atoms with Crippen LogP contribution in [0.25, 0.3) is 0 Å². The van der Waals surface area contributed by atoms with Gasteiger partial charge in [-0.1, -0.05) is 0 Å². The highest BCUT2D eigenvalue weighted by Gasteiger charge is 2.16. The lowest BCUT2D eigenvalue weighted by molar-refractivity contribution is 0.199. The minimum atomic E-state index is 0.136. The Morgan fingerprint density at radius 1 is 1.50 bits per heavy atom. The Balaban J connectivity index is 2.75. The minimum absolute atomic E-state index is 0.136. The van der Waals surface area contributed by atoms with Gasteiger partial charge < -0.3 is 20.1 Å². The molecule has 0 bridgehead atoms. The predicted octanol–water partition coefficient (Wildman–Crippen LogP) is -0.107. The molecule has 0 fully saturated rings. The number of rotatable bonds is 8. The summed E-state index contributed by atoms with van der Waals surface area (Å²) in [5.41, 5.74) is 2.19. The van der Waals surface area contributed by atoms with Gasteiger partial charge in [-0.3, -0.25) is 4.68 Å². The second-order valence-electron chi connectivity index (χ2n) is 4.33. The van der Waals surface area contributed by atoms with Gasteiger partial charge in [-0.15, -0.1) is 0 Å². The van der Waals surface area contributed by atoms with E-state index in [1.807, 2.05) is 30.6 Å². The Bertz CT molecular complexity index is 365. The van der Waals surface area contributed by atoms with E-state index in [9.17, 15) is 0 Å².